The molecule has 1 heterocycles. The molecule has 0 unspecified atom stereocenters. The number of sulfone groups is 1. The summed E-state index contributed by atoms with van der Waals surface area (Å²) in [5, 5.41) is 0. The van der Waals surface area contributed by atoms with E-state index in [0.29, 0.717) is 17.6 Å². The maximum Gasteiger partial charge on any atom is 0.260 e. The van der Waals surface area contributed by atoms with Gasteiger partial charge in [-0.3, -0.25) is 4.79 Å². The quantitative estimate of drug-likeness (QED) is 0.849. The summed E-state index contributed by atoms with van der Waals surface area (Å²) >= 11 is 0. The Bertz CT molecular complexity index is 631. The molecule has 5 nitrogen and oxygen atoms in total. The first-order chi connectivity index (χ1) is 10.3. The predicted molar refractivity (Wildman–Crippen MR) is 84.6 cm³/mol. The highest BCUT2D eigenvalue weighted by Crippen LogP contribution is 2.21. The van der Waals surface area contributed by atoms with Crippen molar-refractivity contribution in [3.05, 3.63) is 24.3 Å². The van der Waals surface area contributed by atoms with Crippen molar-refractivity contribution in [3.8, 4) is 5.75 Å². The summed E-state index contributed by atoms with van der Waals surface area (Å²) in [6.45, 7) is 5.75. The van der Waals surface area contributed by atoms with Crippen molar-refractivity contribution in [1.29, 1.82) is 0 Å². The number of benzene rings is 1. The zero-order valence-electron chi connectivity index (χ0n) is 13.3. The number of piperidine rings is 1. The highest BCUT2D eigenvalue weighted by atomic mass is 32.2. The fourth-order valence-corrected chi connectivity index (χ4v) is 3.55. The Balaban J connectivity index is 1.97. The minimum absolute atomic E-state index is 0.0526. The number of ether oxygens (including phenoxy) is 1. The monoisotopic (exact) mass is 325 g/mol. The van der Waals surface area contributed by atoms with Crippen molar-refractivity contribution in [2.24, 2.45) is 11.8 Å². The fraction of sp³-hybridized carbons (Fsp3) is 0.562. The van der Waals surface area contributed by atoms with Gasteiger partial charge in [0, 0.05) is 19.3 Å². The highest BCUT2D eigenvalue weighted by molar-refractivity contribution is 7.90. The third-order valence-electron chi connectivity index (χ3n) is 3.82. The van der Waals surface area contributed by atoms with E-state index in [0.717, 1.165) is 25.8 Å². The second-order valence-corrected chi connectivity index (χ2v) is 8.30. The van der Waals surface area contributed by atoms with Crippen LogP contribution in [0, 0.1) is 11.8 Å². The van der Waals surface area contributed by atoms with E-state index in [-0.39, 0.29) is 17.4 Å². The average Bonchev–Trinajstić information content (AvgIpc) is 2.43. The molecule has 6 heteroatoms. The molecule has 0 aliphatic carbocycles. The summed E-state index contributed by atoms with van der Waals surface area (Å²) < 4.78 is 28.5. The minimum atomic E-state index is -3.27. The van der Waals surface area contributed by atoms with Gasteiger partial charge in [0.1, 0.15) is 5.75 Å². The zero-order chi connectivity index (χ0) is 16.3. The molecule has 1 amide bonds. The Labute approximate surface area is 132 Å². The van der Waals surface area contributed by atoms with E-state index in [4.69, 9.17) is 4.74 Å². The standard InChI is InChI=1S/C16H23NO4S/c1-12-7-13(2)10-17(9-12)16(18)11-21-14-5-4-6-15(8-14)22(3,19)20/h4-6,8,12-13H,7,9-11H2,1-3H3/t12-,13+. The van der Waals surface area contributed by atoms with E-state index < -0.39 is 9.84 Å². The summed E-state index contributed by atoms with van der Waals surface area (Å²) in [7, 11) is -3.27. The number of amides is 1. The van der Waals surface area contributed by atoms with Crippen molar-refractivity contribution in [2.45, 2.75) is 25.2 Å². The van der Waals surface area contributed by atoms with Crippen molar-refractivity contribution in [2.75, 3.05) is 26.0 Å². The first-order valence-electron chi connectivity index (χ1n) is 7.46. The molecule has 0 bridgehead atoms. The van der Waals surface area contributed by atoms with E-state index in [1.54, 1.807) is 12.1 Å². The van der Waals surface area contributed by atoms with Crippen molar-refractivity contribution in [3.63, 3.8) is 0 Å². The molecule has 2 rings (SSSR count). The zero-order valence-corrected chi connectivity index (χ0v) is 14.1. The second kappa shape index (κ2) is 6.69. The van der Waals surface area contributed by atoms with Crippen LogP contribution in [-0.4, -0.2) is 45.2 Å². The van der Waals surface area contributed by atoms with Gasteiger partial charge in [0.15, 0.2) is 16.4 Å². The summed E-state index contributed by atoms with van der Waals surface area (Å²) in [6, 6.07) is 6.23. The third kappa shape index (κ3) is 4.47. The molecule has 1 aromatic rings. The smallest absolute Gasteiger partial charge is 0.260 e. The molecule has 0 radical (unpaired) electrons. The van der Waals surface area contributed by atoms with E-state index in [1.165, 1.54) is 12.1 Å². The molecular weight excluding hydrogens is 302 g/mol. The molecule has 1 fully saturated rings. The summed E-state index contributed by atoms with van der Waals surface area (Å²) in [4.78, 5) is 14.3. The van der Waals surface area contributed by atoms with Gasteiger partial charge in [-0.15, -0.1) is 0 Å². The van der Waals surface area contributed by atoms with E-state index in [2.05, 4.69) is 13.8 Å². The van der Waals surface area contributed by atoms with Crippen LogP contribution < -0.4 is 4.74 Å². The fourth-order valence-electron chi connectivity index (χ4n) is 2.90. The number of rotatable bonds is 4. The maximum absolute atomic E-state index is 12.2. The van der Waals surface area contributed by atoms with E-state index >= 15 is 0 Å². The first kappa shape index (κ1) is 16.8. The van der Waals surface area contributed by atoms with Crippen molar-refractivity contribution in [1.82, 2.24) is 4.90 Å². The molecule has 0 spiro atoms. The van der Waals surface area contributed by atoms with Gasteiger partial charge >= 0.3 is 0 Å². The van der Waals surface area contributed by atoms with Gasteiger partial charge in [-0.1, -0.05) is 19.9 Å². The molecule has 122 valence electrons. The maximum atomic E-state index is 12.2. The van der Waals surface area contributed by atoms with E-state index in [1.807, 2.05) is 4.90 Å². The Morgan fingerprint density at radius 2 is 1.91 bits per heavy atom. The molecule has 1 aliphatic rings. The summed E-state index contributed by atoms with van der Waals surface area (Å²) in [5.74, 6) is 1.35. The number of hydrogen-bond acceptors (Lipinski definition) is 4. The van der Waals surface area contributed by atoms with Crippen LogP contribution in [0.1, 0.15) is 20.3 Å². The Morgan fingerprint density at radius 1 is 1.27 bits per heavy atom. The second-order valence-electron chi connectivity index (χ2n) is 6.28. The predicted octanol–water partition coefficient (Wildman–Crippen LogP) is 1.97. The molecule has 1 aromatic carbocycles. The minimum Gasteiger partial charge on any atom is -0.484 e. The van der Waals surface area contributed by atoms with Crippen LogP contribution in [0.15, 0.2) is 29.2 Å². The Kier molecular flexibility index (Phi) is 5.11. The number of likely N-dealkylation sites (tertiary alicyclic amines) is 1. The Hall–Kier alpha value is -1.56. The lowest BCUT2D eigenvalue weighted by atomic mass is 9.92. The van der Waals surface area contributed by atoms with Gasteiger partial charge < -0.3 is 9.64 Å². The van der Waals surface area contributed by atoms with Gasteiger partial charge in [0.25, 0.3) is 5.91 Å². The van der Waals surface area contributed by atoms with Crippen LogP contribution in [0.5, 0.6) is 5.75 Å². The van der Waals surface area contributed by atoms with Crippen LogP contribution in [0.2, 0.25) is 0 Å². The van der Waals surface area contributed by atoms with Crippen LogP contribution >= 0.6 is 0 Å². The van der Waals surface area contributed by atoms with Gasteiger partial charge in [-0.2, -0.15) is 0 Å². The van der Waals surface area contributed by atoms with Crippen molar-refractivity contribution < 1.29 is 17.9 Å². The van der Waals surface area contributed by atoms with Gasteiger partial charge in [-0.05, 0) is 36.5 Å². The SMILES string of the molecule is C[C@@H]1C[C@H](C)CN(C(=O)COc2cccc(S(C)(=O)=O)c2)C1. The third-order valence-corrected chi connectivity index (χ3v) is 4.93. The first-order valence-corrected chi connectivity index (χ1v) is 9.35. The van der Waals surface area contributed by atoms with Gasteiger partial charge in [0.2, 0.25) is 0 Å². The number of hydrogen-bond donors (Lipinski definition) is 0. The van der Waals surface area contributed by atoms with Gasteiger partial charge in [0.05, 0.1) is 4.90 Å². The highest BCUT2D eigenvalue weighted by Gasteiger charge is 2.25. The molecule has 1 aliphatic heterocycles. The van der Waals surface area contributed by atoms with Gasteiger partial charge in [-0.25, -0.2) is 8.42 Å². The lowest BCUT2D eigenvalue weighted by Gasteiger charge is -2.34. The molecule has 22 heavy (non-hydrogen) atoms. The van der Waals surface area contributed by atoms with Crippen LogP contribution in [0.4, 0.5) is 0 Å². The van der Waals surface area contributed by atoms with Crippen LogP contribution in [0.3, 0.4) is 0 Å². The number of carbonyl (C=O) groups is 1. The molecular formula is C16H23NO4S. The number of nitrogens with zero attached hydrogens (tertiary/aromatic N) is 1. The molecule has 2 atom stereocenters. The van der Waals surface area contributed by atoms with Crippen LogP contribution in [0.25, 0.3) is 0 Å². The average molecular weight is 325 g/mol. The molecule has 0 saturated carbocycles. The lowest BCUT2D eigenvalue weighted by Crippen LogP contribution is -2.44. The molecule has 1 saturated heterocycles. The van der Waals surface area contributed by atoms with Crippen molar-refractivity contribution >= 4 is 15.7 Å². The number of carbonyl (C=O) groups excluding carboxylic acids is 1. The summed E-state index contributed by atoms with van der Waals surface area (Å²) in [5.41, 5.74) is 0. The largest absolute Gasteiger partial charge is 0.484 e. The lowest BCUT2D eigenvalue weighted by molar-refractivity contribution is -0.136. The summed E-state index contributed by atoms with van der Waals surface area (Å²) in [6.07, 6.45) is 2.29. The topological polar surface area (TPSA) is 63.7 Å². The molecule has 0 N–H and O–H groups in total. The molecule has 0 aromatic heterocycles. The van der Waals surface area contributed by atoms with E-state index in [9.17, 15) is 13.2 Å². The normalized spacial score (nSPS) is 22.4. The van der Waals surface area contributed by atoms with Crippen LogP contribution in [-0.2, 0) is 14.6 Å². The Morgan fingerprint density at radius 3 is 2.50 bits per heavy atom.